The molecule has 9 heteroatoms. The molecule has 4 atom stereocenters. The minimum atomic E-state index is -3.16. The van der Waals surface area contributed by atoms with Crippen LogP contribution in [0.15, 0.2) is 15.7 Å². The fourth-order valence-corrected chi connectivity index (χ4v) is 2.25. The van der Waals surface area contributed by atoms with Crippen molar-refractivity contribution in [3.8, 4) is 11.8 Å². The number of hydrogen-bond acceptors (Lipinski definition) is 5. The van der Waals surface area contributed by atoms with Crippen molar-refractivity contribution < 1.29 is 26.5 Å². The Balaban J connectivity index is 2.66. The molecule has 1 fully saturated rings. The van der Waals surface area contributed by atoms with Crippen molar-refractivity contribution in [2.24, 2.45) is 0 Å². The van der Waals surface area contributed by atoms with E-state index in [4.69, 9.17) is 7.48 Å². The van der Waals surface area contributed by atoms with Crippen LogP contribution < -0.4 is 11.2 Å². The first-order valence-corrected chi connectivity index (χ1v) is 6.15. The smallest absolute Gasteiger partial charge is 0.330 e. The van der Waals surface area contributed by atoms with E-state index >= 15 is 4.39 Å². The first kappa shape index (κ1) is 13.6. The molecule has 0 bridgehead atoms. The third kappa shape index (κ3) is 2.56. The molecule has 0 aromatic carbocycles. The molecule has 0 amide bonds. The first-order valence-electron chi connectivity index (χ1n) is 7.15. The largest absolute Gasteiger partial charge is 0.394 e. The molecular formula is C13H14F2N2O5. The van der Waals surface area contributed by atoms with Gasteiger partial charge in [-0.05, 0) is 6.92 Å². The van der Waals surface area contributed by atoms with Gasteiger partial charge in [0.2, 0.25) is 5.67 Å². The van der Waals surface area contributed by atoms with Crippen LogP contribution in [-0.4, -0.2) is 50.9 Å². The molecule has 0 saturated carbocycles. The van der Waals surface area contributed by atoms with Gasteiger partial charge in [-0.1, -0.05) is 11.8 Å². The van der Waals surface area contributed by atoms with Crippen LogP contribution in [0.25, 0.3) is 0 Å². The molecule has 7 nitrogen and oxygen atoms in total. The molecule has 120 valence electrons. The minimum Gasteiger partial charge on any atom is -0.394 e. The van der Waals surface area contributed by atoms with Gasteiger partial charge in [-0.25, -0.2) is 13.6 Å². The SMILES string of the molecule is [2H]C([2H])(O)[C@H]1O[C@@H](n2c(C)cc(=O)[nH]c2=O)[C@@](F)(C#CCF)C1O. The fourth-order valence-electron chi connectivity index (χ4n) is 2.25. The number of aliphatic hydroxyl groups is 2. The van der Waals surface area contributed by atoms with Gasteiger partial charge in [0.15, 0.2) is 6.23 Å². The van der Waals surface area contributed by atoms with Crippen LogP contribution >= 0.6 is 0 Å². The maximum absolute atomic E-state index is 15.2. The van der Waals surface area contributed by atoms with Crippen molar-refractivity contribution >= 4 is 0 Å². The average molecular weight is 318 g/mol. The number of aromatic nitrogens is 2. The molecule has 1 aliphatic rings. The Morgan fingerprint density at radius 3 is 2.86 bits per heavy atom. The van der Waals surface area contributed by atoms with Crippen molar-refractivity contribution in [2.45, 2.75) is 31.0 Å². The highest BCUT2D eigenvalue weighted by atomic mass is 19.1. The lowest BCUT2D eigenvalue weighted by atomic mass is 9.96. The standard InChI is InChI=1S/C13H14F2N2O5/c1-7-5-9(19)16-12(21)17(7)11-13(15,3-2-4-14)10(20)8(6-18)22-11/h5,8,10-11,18,20H,4,6H2,1H3,(H,16,19,21)/t8-,10?,11-,13-/m1/s1/i6D2. The summed E-state index contributed by atoms with van der Waals surface area (Å²) in [7, 11) is 0. The highest BCUT2D eigenvalue weighted by molar-refractivity contribution is 5.24. The van der Waals surface area contributed by atoms with Crippen molar-refractivity contribution in [1.29, 1.82) is 0 Å². The zero-order valence-electron chi connectivity index (χ0n) is 13.3. The molecule has 1 saturated heterocycles. The van der Waals surface area contributed by atoms with Gasteiger partial charge in [0.25, 0.3) is 5.56 Å². The van der Waals surface area contributed by atoms with E-state index in [9.17, 15) is 24.2 Å². The molecule has 2 heterocycles. The molecule has 3 N–H and O–H groups in total. The molecule has 1 aromatic rings. The van der Waals surface area contributed by atoms with E-state index < -0.39 is 48.6 Å². The summed E-state index contributed by atoms with van der Waals surface area (Å²) in [6.45, 7) is -3.15. The lowest BCUT2D eigenvalue weighted by Gasteiger charge is -2.25. The zero-order chi connectivity index (χ0) is 18.3. The van der Waals surface area contributed by atoms with E-state index in [0.29, 0.717) is 4.57 Å². The second-order valence-corrected chi connectivity index (χ2v) is 4.64. The molecule has 0 radical (unpaired) electrons. The summed E-state index contributed by atoms with van der Waals surface area (Å²) in [6, 6.07) is 0.945. The lowest BCUT2D eigenvalue weighted by molar-refractivity contribution is -0.0552. The number of H-pyrrole nitrogens is 1. The normalized spacial score (nSPS) is 32.9. The molecule has 1 unspecified atom stereocenters. The Morgan fingerprint density at radius 1 is 1.64 bits per heavy atom. The van der Waals surface area contributed by atoms with Gasteiger partial charge in [-0.15, -0.1) is 0 Å². The predicted molar refractivity (Wildman–Crippen MR) is 70.7 cm³/mol. The van der Waals surface area contributed by atoms with Crippen LogP contribution in [0.3, 0.4) is 0 Å². The van der Waals surface area contributed by atoms with Crippen LogP contribution in [0.2, 0.25) is 0 Å². The van der Waals surface area contributed by atoms with Crippen molar-refractivity contribution in [2.75, 3.05) is 13.2 Å². The number of rotatable bonds is 2. The quantitative estimate of drug-likeness (QED) is 0.593. The van der Waals surface area contributed by atoms with Gasteiger partial charge >= 0.3 is 5.69 Å². The summed E-state index contributed by atoms with van der Waals surface area (Å²) in [5.41, 5.74) is -5.02. The maximum atomic E-state index is 15.2. The summed E-state index contributed by atoms with van der Waals surface area (Å²) >= 11 is 0. The van der Waals surface area contributed by atoms with Gasteiger partial charge in [-0.2, -0.15) is 0 Å². The molecule has 0 aliphatic carbocycles. The minimum absolute atomic E-state index is 0.0656. The summed E-state index contributed by atoms with van der Waals surface area (Å²) in [4.78, 5) is 25.1. The number of aliphatic hydroxyl groups excluding tert-OH is 1. The number of nitrogens with zero attached hydrogens (tertiary/aromatic N) is 1. The third-order valence-electron chi connectivity index (χ3n) is 3.23. The lowest BCUT2D eigenvalue weighted by Crippen LogP contribution is -2.45. The van der Waals surface area contributed by atoms with Crippen molar-refractivity contribution in [3.63, 3.8) is 0 Å². The third-order valence-corrected chi connectivity index (χ3v) is 3.23. The highest BCUT2D eigenvalue weighted by Gasteiger charge is 2.58. The van der Waals surface area contributed by atoms with E-state index in [1.54, 1.807) is 11.8 Å². The fraction of sp³-hybridized carbons (Fsp3) is 0.538. The topological polar surface area (TPSA) is 105 Å². The number of halogens is 2. The van der Waals surface area contributed by atoms with Crippen LogP contribution in [0.1, 0.15) is 14.7 Å². The second kappa shape index (κ2) is 6.00. The number of ether oxygens (including phenoxy) is 1. The van der Waals surface area contributed by atoms with Gasteiger partial charge in [0, 0.05) is 11.8 Å². The zero-order valence-corrected chi connectivity index (χ0v) is 11.3. The highest BCUT2D eigenvalue weighted by Crippen LogP contribution is 2.40. The van der Waals surface area contributed by atoms with Crippen LogP contribution in [0, 0.1) is 18.8 Å². The summed E-state index contributed by atoms with van der Waals surface area (Å²) < 4.78 is 47.6. The molecule has 2 rings (SSSR count). The van der Waals surface area contributed by atoms with E-state index in [1.807, 2.05) is 4.98 Å². The van der Waals surface area contributed by atoms with E-state index in [-0.39, 0.29) is 5.69 Å². The Kier molecular flexibility index (Phi) is 3.72. The number of nitrogens with one attached hydrogen (secondary N) is 1. The number of aromatic amines is 1. The Hall–Kier alpha value is -2.02. The van der Waals surface area contributed by atoms with E-state index in [0.717, 1.165) is 6.07 Å². The number of alkyl halides is 2. The van der Waals surface area contributed by atoms with E-state index in [1.165, 1.54) is 6.92 Å². The summed E-state index contributed by atoms with van der Waals surface area (Å²) in [6.07, 6.45) is -6.43. The molecule has 1 aromatic heterocycles. The predicted octanol–water partition coefficient (Wildman–Crippen LogP) is -1.22. The summed E-state index contributed by atoms with van der Waals surface area (Å²) in [5, 5.41) is 19.4. The van der Waals surface area contributed by atoms with Crippen LogP contribution in [0.4, 0.5) is 8.78 Å². The molecular weight excluding hydrogens is 302 g/mol. The van der Waals surface area contributed by atoms with Crippen molar-refractivity contribution in [1.82, 2.24) is 9.55 Å². The molecule has 0 spiro atoms. The van der Waals surface area contributed by atoms with Gasteiger partial charge in [0.1, 0.15) is 18.9 Å². The second-order valence-electron chi connectivity index (χ2n) is 4.64. The van der Waals surface area contributed by atoms with Crippen molar-refractivity contribution in [3.05, 3.63) is 32.6 Å². The Labute approximate surface area is 126 Å². The maximum Gasteiger partial charge on any atom is 0.330 e. The Bertz CT molecular complexity index is 810. The Morgan fingerprint density at radius 2 is 2.32 bits per heavy atom. The van der Waals surface area contributed by atoms with Crippen LogP contribution in [-0.2, 0) is 4.74 Å². The summed E-state index contributed by atoms with van der Waals surface area (Å²) in [5.74, 6) is 3.54. The molecule has 1 aliphatic heterocycles. The van der Waals surface area contributed by atoms with E-state index in [2.05, 4.69) is 0 Å². The van der Waals surface area contributed by atoms with Crippen LogP contribution in [0.5, 0.6) is 0 Å². The molecule has 22 heavy (non-hydrogen) atoms. The van der Waals surface area contributed by atoms with Gasteiger partial charge < -0.3 is 14.9 Å². The number of aryl methyl sites for hydroxylation is 1. The van der Waals surface area contributed by atoms with Gasteiger partial charge in [0.05, 0.1) is 9.30 Å². The van der Waals surface area contributed by atoms with Gasteiger partial charge in [-0.3, -0.25) is 14.3 Å². The monoisotopic (exact) mass is 318 g/mol. The number of hydrogen-bond donors (Lipinski definition) is 3. The first-order chi connectivity index (χ1) is 11.0. The average Bonchev–Trinajstić information content (AvgIpc) is 2.69.